The molecular formula is C18H27N3O3. The van der Waals surface area contributed by atoms with Gasteiger partial charge >= 0.3 is 0 Å². The molecule has 3 atom stereocenters. The number of ether oxygens (including phenoxy) is 1. The van der Waals surface area contributed by atoms with Crippen LogP contribution in [0.5, 0.6) is 0 Å². The van der Waals surface area contributed by atoms with E-state index in [-0.39, 0.29) is 17.5 Å². The summed E-state index contributed by atoms with van der Waals surface area (Å²) in [6, 6.07) is 5.63. The number of rotatable bonds is 5. The van der Waals surface area contributed by atoms with E-state index < -0.39 is 0 Å². The van der Waals surface area contributed by atoms with Gasteiger partial charge in [-0.1, -0.05) is 19.9 Å². The van der Waals surface area contributed by atoms with Crippen molar-refractivity contribution < 1.29 is 9.53 Å². The van der Waals surface area contributed by atoms with E-state index in [2.05, 4.69) is 24.1 Å². The van der Waals surface area contributed by atoms with Crippen LogP contribution in [-0.4, -0.2) is 53.3 Å². The van der Waals surface area contributed by atoms with Crippen LogP contribution in [0.1, 0.15) is 26.7 Å². The van der Waals surface area contributed by atoms with Crippen molar-refractivity contribution in [1.29, 1.82) is 0 Å². The van der Waals surface area contributed by atoms with Gasteiger partial charge < -0.3 is 14.6 Å². The van der Waals surface area contributed by atoms with Crippen LogP contribution < -0.4 is 10.9 Å². The maximum absolute atomic E-state index is 12.2. The summed E-state index contributed by atoms with van der Waals surface area (Å²) in [7, 11) is 0. The second kappa shape index (κ2) is 7.49. The molecule has 3 heterocycles. The highest BCUT2D eigenvalue weighted by Gasteiger charge is 2.38. The topological polar surface area (TPSA) is 63.6 Å². The average molecular weight is 333 g/mol. The highest BCUT2D eigenvalue weighted by molar-refractivity contribution is 5.76. The first-order valence-corrected chi connectivity index (χ1v) is 8.83. The van der Waals surface area contributed by atoms with Crippen LogP contribution in [-0.2, 0) is 16.1 Å². The Morgan fingerprint density at radius 1 is 1.38 bits per heavy atom. The van der Waals surface area contributed by atoms with Gasteiger partial charge in [0.15, 0.2) is 0 Å². The molecule has 1 N–H and O–H groups in total. The Labute approximate surface area is 142 Å². The molecule has 2 aliphatic heterocycles. The van der Waals surface area contributed by atoms with Gasteiger partial charge in [0.2, 0.25) is 5.91 Å². The molecule has 2 saturated heterocycles. The molecule has 1 amide bonds. The fraction of sp³-hybridized carbons (Fsp3) is 0.667. The quantitative estimate of drug-likeness (QED) is 0.868. The summed E-state index contributed by atoms with van der Waals surface area (Å²) in [5.74, 6) is 0.528. The van der Waals surface area contributed by atoms with Crippen molar-refractivity contribution in [2.24, 2.45) is 5.92 Å². The highest BCUT2D eigenvalue weighted by Crippen LogP contribution is 2.25. The number of carbonyl (C=O) groups excluding carboxylic acids is 1. The lowest BCUT2D eigenvalue weighted by molar-refractivity contribution is -0.121. The lowest BCUT2D eigenvalue weighted by Crippen LogP contribution is -2.48. The number of carbonyl (C=O) groups is 1. The molecule has 1 aromatic heterocycles. The van der Waals surface area contributed by atoms with Crippen LogP contribution in [0.3, 0.4) is 0 Å². The van der Waals surface area contributed by atoms with Gasteiger partial charge in [0.05, 0.1) is 12.7 Å². The van der Waals surface area contributed by atoms with Gasteiger partial charge in [0, 0.05) is 50.4 Å². The maximum Gasteiger partial charge on any atom is 0.250 e. The fourth-order valence-electron chi connectivity index (χ4n) is 3.57. The number of morpholine rings is 1. The van der Waals surface area contributed by atoms with E-state index in [0.717, 1.165) is 26.1 Å². The molecule has 6 nitrogen and oxygen atoms in total. The van der Waals surface area contributed by atoms with Gasteiger partial charge in [0.25, 0.3) is 5.56 Å². The van der Waals surface area contributed by atoms with Gasteiger partial charge in [-0.15, -0.1) is 0 Å². The van der Waals surface area contributed by atoms with Crippen LogP contribution in [0.25, 0.3) is 0 Å². The van der Waals surface area contributed by atoms with Crippen molar-refractivity contribution in [3.05, 3.63) is 34.7 Å². The Morgan fingerprint density at radius 3 is 2.96 bits per heavy atom. The fourth-order valence-corrected chi connectivity index (χ4v) is 3.57. The predicted molar refractivity (Wildman–Crippen MR) is 91.8 cm³/mol. The Kier molecular flexibility index (Phi) is 5.36. The van der Waals surface area contributed by atoms with Gasteiger partial charge in [0.1, 0.15) is 0 Å². The molecular weight excluding hydrogens is 306 g/mol. The van der Waals surface area contributed by atoms with Gasteiger partial charge in [-0.3, -0.25) is 14.5 Å². The summed E-state index contributed by atoms with van der Waals surface area (Å²) in [6.45, 7) is 7.40. The van der Waals surface area contributed by atoms with Crippen molar-refractivity contribution in [2.75, 3.05) is 19.7 Å². The minimum atomic E-state index is -0.0693. The van der Waals surface area contributed by atoms with Crippen LogP contribution in [0.15, 0.2) is 29.2 Å². The molecule has 0 saturated carbocycles. The van der Waals surface area contributed by atoms with Crippen molar-refractivity contribution in [3.8, 4) is 0 Å². The van der Waals surface area contributed by atoms with Crippen LogP contribution >= 0.6 is 0 Å². The first-order valence-electron chi connectivity index (χ1n) is 8.83. The van der Waals surface area contributed by atoms with Crippen LogP contribution in [0.2, 0.25) is 0 Å². The Balaban J connectivity index is 1.46. The largest absolute Gasteiger partial charge is 0.375 e. The lowest BCUT2D eigenvalue weighted by Gasteiger charge is -2.36. The molecule has 1 aromatic rings. The number of aromatic nitrogens is 1. The Morgan fingerprint density at radius 2 is 2.21 bits per heavy atom. The number of nitrogens with one attached hydrogen (secondary N) is 1. The lowest BCUT2D eigenvalue weighted by atomic mass is 10.0. The van der Waals surface area contributed by atoms with Crippen molar-refractivity contribution in [2.45, 2.75) is 51.4 Å². The van der Waals surface area contributed by atoms with E-state index in [1.807, 2.05) is 0 Å². The van der Waals surface area contributed by atoms with Crippen LogP contribution in [0, 0.1) is 5.92 Å². The zero-order valence-corrected chi connectivity index (χ0v) is 14.5. The zero-order chi connectivity index (χ0) is 17.1. The predicted octanol–water partition coefficient (Wildman–Crippen LogP) is 0.852. The molecule has 0 unspecified atom stereocenters. The van der Waals surface area contributed by atoms with E-state index in [1.165, 1.54) is 6.07 Å². The second-order valence-corrected chi connectivity index (χ2v) is 7.21. The Bertz CT molecular complexity index is 628. The van der Waals surface area contributed by atoms with E-state index in [0.29, 0.717) is 31.0 Å². The molecule has 0 spiro atoms. The molecule has 2 fully saturated rings. The Hall–Kier alpha value is -1.66. The van der Waals surface area contributed by atoms with Gasteiger partial charge in [-0.2, -0.15) is 0 Å². The van der Waals surface area contributed by atoms with Gasteiger partial charge in [-0.25, -0.2) is 0 Å². The van der Waals surface area contributed by atoms with Crippen molar-refractivity contribution in [3.63, 3.8) is 0 Å². The summed E-state index contributed by atoms with van der Waals surface area (Å²) in [5, 5.41) is 3.12. The summed E-state index contributed by atoms with van der Waals surface area (Å²) in [6.07, 6.45) is 3.29. The summed E-state index contributed by atoms with van der Waals surface area (Å²) < 4.78 is 7.50. The summed E-state index contributed by atoms with van der Waals surface area (Å²) in [4.78, 5) is 26.3. The molecule has 0 radical (unpaired) electrons. The van der Waals surface area contributed by atoms with Gasteiger partial charge in [-0.05, 0) is 18.4 Å². The first-order chi connectivity index (χ1) is 11.5. The summed E-state index contributed by atoms with van der Waals surface area (Å²) >= 11 is 0. The third-order valence-corrected chi connectivity index (χ3v) is 5.03. The molecule has 3 rings (SSSR count). The number of aryl methyl sites for hydroxylation is 1. The number of fused-ring (bicyclic) bond motifs is 1. The molecule has 0 bridgehead atoms. The molecule has 132 valence electrons. The van der Waals surface area contributed by atoms with E-state index in [1.54, 1.807) is 22.9 Å². The molecule has 0 aromatic carbocycles. The third kappa shape index (κ3) is 4.05. The summed E-state index contributed by atoms with van der Waals surface area (Å²) in [5.41, 5.74) is -0.0693. The third-order valence-electron chi connectivity index (χ3n) is 5.03. The molecule has 2 aliphatic rings. The number of nitrogens with zero attached hydrogens (tertiary/aromatic N) is 2. The smallest absolute Gasteiger partial charge is 0.250 e. The van der Waals surface area contributed by atoms with Crippen LogP contribution in [0.4, 0.5) is 0 Å². The number of hydrogen-bond acceptors (Lipinski definition) is 4. The minimum absolute atomic E-state index is 0.0110. The van der Waals surface area contributed by atoms with Crippen molar-refractivity contribution in [1.82, 2.24) is 14.8 Å². The molecule has 6 heteroatoms. The average Bonchev–Trinajstić information content (AvgIpc) is 2.95. The number of pyridine rings is 1. The van der Waals surface area contributed by atoms with Crippen molar-refractivity contribution >= 4 is 5.91 Å². The minimum Gasteiger partial charge on any atom is -0.375 e. The van der Waals surface area contributed by atoms with E-state index >= 15 is 0 Å². The first kappa shape index (κ1) is 17.2. The SMILES string of the molecule is CC(C)[C@@H]1CN2C[C@@H](NC(=O)CCn3ccccc3=O)C[C@H]2CO1. The zero-order valence-electron chi connectivity index (χ0n) is 14.5. The van der Waals surface area contributed by atoms with E-state index in [4.69, 9.17) is 4.74 Å². The molecule has 0 aliphatic carbocycles. The second-order valence-electron chi connectivity index (χ2n) is 7.21. The number of hydrogen-bond donors (Lipinski definition) is 1. The standard InChI is InChI=1S/C18H27N3O3/c1-13(2)16-11-21-10-14(9-15(21)12-24-16)19-17(22)6-8-20-7-4-3-5-18(20)23/h3-5,7,13-16H,6,8-12H2,1-2H3,(H,19,22)/t14-,15-,16-/m0/s1. The molecule has 24 heavy (non-hydrogen) atoms. The normalized spacial score (nSPS) is 27.2. The monoisotopic (exact) mass is 333 g/mol. The van der Waals surface area contributed by atoms with E-state index in [9.17, 15) is 9.59 Å². The highest BCUT2D eigenvalue weighted by atomic mass is 16.5. The number of amides is 1. The maximum atomic E-state index is 12.2.